The van der Waals surface area contributed by atoms with Crippen molar-refractivity contribution in [3.63, 3.8) is 0 Å². The lowest BCUT2D eigenvalue weighted by molar-refractivity contribution is -0.117. The van der Waals surface area contributed by atoms with Gasteiger partial charge in [-0.05, 0) is 43.9 Å². The summed E-state index contributed by atoms with van der Waals surface area (Å²) in [4.78, 5) is 29.2. The van der Waals surface area contributed by atoms with Crippen LogP contribution in [0.25, 0.3) is 10.2 Å². The molecule has 0 spiro atoms. The summed E-state index contributed by atoms with van der Waals surface area (Å²) in [5.74, 6) is 1.88. The summed E-state index contributed by atoms with van der Waals surface area (Å²) in [6.07, 6.45) is 3.54. The summed E-state index contributed by atoms with van der Waals surface area (Å²) in [6.45, 7) is 5.71. The standard InChI is InChI=1S/C22H24ClN5OS/c1-14-24-21(20-15-5-4-8-18(15)30-22(20)25-14)28-11-9-27(10-12-28)13-19(29)26-17-7-3-2-6-16(17)23/h2-3,6-7H,4-5,8-13H2,1H3,(H,26,29). The fraction of sp³-hybridized carbons (Fsp3) is 0.409. The van der Waals surface area contributed by atoms with Crippen molar-refractivity contribution in [1.82, 2.24) is 14.9 Å². The molecule has 0 saturated carbocycles. The lowest BCUT2D eigenvalue weighted by Crippen LogP contribution is -2.49. The maximum absolute atomic E-state index is 12.5. The van der Waals surface area contributed by atoms with E-state index in [1.54, 1.807) is 6.07 Å². The van der Waals surface area contributed by atoms with Gasteiger partial charge in [-0.1, -0.05) is 23.7 Å². The quantitative estimate of drug-likeness (QED) is 0.665. The monoisotopic (exact) mass is 441 g/mol. The zero-order chi connectivity index (χ0) is 20.7. The average molecular weight is 442 g/mol. The first-order chi connectivity index (χ1) is 14.6. The molecule has 5 rings (SSSR count). The number of hydrogen-bond acceptors (Lipinski definition) is 6. The average Bonchev–Trinajstić information content (AvgIpc) is 3.30. The molecule has 1 fully saturated rings. The van der Waals surface area contributed by atoms with Crippen molar-refractivity contribution in [2.24, 2.45) is 0 Å². The van der Waals surface area contributed by atoms with Crippen molar-refractivity contribution in [2.75, 3.05) is 42.9 Å². The van der Waals surface area contributed by atoms with Crippen molar-refractivity contribution >= 4 is 50.6 Å². The van der Waals surface area contributed by atoms with Crippen molar-refractivity contribution in [3.05, 3.63) is 45.6 Å². The molecule has 1 N–H and O–H groups in total. The number of aromatic nitrogens is 2. The van der Waals surface area contributed by atoms with E-state index in [0.717, 1.165) is 49.1 Å². The molecule has 0 unspecified atom stereocenters. The van der Waals surface area contributed by atoms with E-state index < -0.39 is 0 Å². The van der Waals surface area contributed by atoms with Gasteiger partial charge in [-0.15, -0.1) is 11.3 Å². The third-order valence-corrected chi connectivity index (χ3v) is 7.36. The zero-order valence-corrected chi connectivity index (χ0v) is 18.5. The second-order valence-electron chi connectivity index (χ2n) is 7.92. The summed E-state index contributed by atoms with van der Waals surface area (Å²) in [6, 6.07) is 7.32. The lowest BCUT2D eigenvalue weighted by Gasteiger charge is -2.35. The fourth-order valence-corrected chi connectivity index (χ4v) is 5.87. The first-order valence-corrected chi connectivity index (χ1v) is 11.6. The maximum atomic E-state index is 12.5. The Morgan fingerprint density at radius 2 is 1.97 bits per heavy atom. The predicted octanol–water partition coefficient (Wildman–Crippen LogP) is 3.90. The molecule has 2 aliphatic rings. The van der Waals surface area contributed by atoms with Gasteiger partial charge >= 0.3 is 0 Å². The van der Waals surface area contributed by atoms with Gasteiger partial charge in [0.25, 0.3) is 0 Å². The molecule has 3 heterocycles. The smallest absolute Gasteiger partial charge is 0.238 e. The number of nitrogens with zero attached hydrogens (tertiary/aromatic N) is 4. The molecule has 0 radical (unpaired) electrons. The van der Waals surface area contributed by atoms with Gasteiger partial charge in [-0.2, -0.15) is 0 Å². The Bertz CT molecular complexity index is 1110. The van der Waals surface area contributed by atoms with Crippen LogP contribution in [0.4, 0.5) is 11.5 Å². The number of aryl methyl sites for hydroxylation is 3. The van der Waals surface area contributed by atoms with E-state index in [4.69, 9.17) is 21.6 Å². The molecular weight excluding hydrogens is 418 g/mol. The summed E-state index contributed by atoms with van der Waals surface area (Å²) < 4.78 is 0. The first-order valence-electron chi connectivity index (χ1n) is 10.4. The molecule has 1 aliphatic heterocycles. The number of nitrogens with one attached hydrogen (secondary N) is 1. The molecule has 1 amide bonds. The van der Waals surface area contributed by atoms with Crippen LogP contribution in [0.2, 0.25) is 5.02 Å². The van der Waals surface area contributed by atoms with Crippen molar-refractivity contribution in [1.29, 1.82) is 0 Å². The van der Waals surface area contributed by atoms with Crippen molar-refractivity contribution in [2.45, 2.75) is 26.2 Å². The van der Waals surface area contributed by atoms with Crippen LogP contribution in [0.15, 0.2) is 24.3 Å². The predicted molar refractivity (Wildman–Crippen MR) is 123 cm³/mol. The number of amides is 1. The van der Waals surface area contributed by atoms with Crippen LogP contribution < -0.4 is 10.2 Å². The Balaban J connectivity index is 1.26. The highest BCUT2D eigenvalue weighted by atomic mass is 35.5. The van der Waals surface area contributed by atoms with Crippen LogP contribution in [0.3, 0.4) is 0 Å². The third-order valence-electron chi connectivity index (χ3n) is 5.84. The van der Waals surface area contributed by atoms with E-state index in [0.29, 0.717) is 17.3 Å². The highest BCUT2D eigenvalue weighted by Gasteiger charge is 2.26. The molecule has 1 aliphatic carbocycles. The van der Waals surface area contributed by atoms with Gasteiger partial charge in [-0.25, -0.2) is 9.97 Å². The maximum Gasteiger partial charge on any atom is 0.238 e. The molecule has 30 heavy (non-hydrogen) atoms. The molecule has 156 valence electrons. The van der Waals surface area contributed by atoms with Gasteiger partial charge in [0.2, 0.25) is 5.91 Å². The summed E-state index contributed by atoms with van der Waals surface area (Å²) in [7, 11) is 0. The molecule has 2 aromatic heterocycles. The minimum atomic E-state index is -0.0347. The van der Waals surface area contributed by atoms with E-state index in [2.05, 4.69) is 15.1 Å². The third kappa shape index (κ3) is 3.77. The number of carbonyl (C=O) groups is 1. The Labute approximate surface area is 184 Å². The van der Waals surface area contributed by atoms with Gasteiger partial charge in [-0.3, -0.25) is 9.69 Å². The molecule has 1 aromatic carbocycles. The number of carbonyl (C=O) groups excluding carboxylic acids is 1. The zero-order valence-electron chi connectivity index (χ0n) is 16.9. The van der Waals surface area contributed by atoms with E-state index in [-0.39, 0.29) is 5.91 Å². The number of halogens is 1. The second kappa shape index (κ2) is 8.13. The number of thiophene rings is 1. The van der Waals surface area contributed by atoms with Gasteiger partial charge in [0.15, 0.2) is 0 Å². The van der Waals surface area contributed by atoms with Crippen LogP contribution in [0.1, 0.15) is 22.7 Å². The first kappa shape index (κ1) is 19.7. The van der Waals surface area contributed by atoms with Gasteiger partial charge < -0.3 is 10.2 Å². The van der Waals surface area contributed by atoms with Crippen LogP contribution >= 0.6 is 22.9 Å². The Morgan fingerprint density at radius 1 is 1.17 bits per heavy atom. The number of hydrogen-bond donors (Lipinski definition) is 1. The van der Waals surface area contributed by atoms with Crippen molar-refractivity contribution in [3.8, 4) is 0 Å². The topological polar surface area (TPSA) is 61.4 Å². The normalized spacial score (nSPS) is 16.8. The number of benzene rings is 1. The number of piperazine rings is 1. The molecule has 6 nitrogen and oxygen atoms in total. The Hall–Kier alpha value is -2.22. The van der Waals surface area contributed by atoms with E-state index >= 15 is 0 Å². The van der Waals surface area contributed by atoms with Gasteiger partial charge in [0, 0.05) is 31.1 Å². The van der Waals surface area contributed by atoms with E-state index in [1.807, 2.05) is 36.5 Å². The molecule has 0 atom stereocenters. The lowest BCUT2D eigenvalue weighted by atomic mass is 10.1. The SMILES string of the molecule is Cc1nc(N2CCN(CC(=O)Nc3ccccc3Cl)CC2)c2c3c(sc2n1)CCC3. The number of para-hydroxylation sites is 1. The van der Waals surface area contributed by atoms with Crippen LogP contribution in [0.5, 0.6) is 0 Å². The van der Waals surface area contributed by atoms with E-state index in [9.17, 15) is 4.79 Å². The van der Waals surface area contributed by atoms with Crippen LogP contribution in [0, 0.1) is 6.92 Å². The molecule has 8 heteroatoms. The van der Waals surface area contributed by atoms with E-state index in [1.165, 1.54) is 28.7 Å². The molecule has 1 saturated heterocycles. The van der Waals surface area contributed by atoms with Gasteiger partial charge in [0.1, 0.15) is 16.5 Å². The highest BCUT2D eigenvalue weighted by molar-refractivity contribution is 7.19. The van der Waals surface area contributed by atoms with Crippen LogP contribution in [-0.2, 0) is 17.6 Å². The summed E-state index contributed by atoms with van der Waals surface area (Å²) in [5, 5.41) is 4.74. The number of anilines is 2. The highest BCUT2D eigenvalue weighted by Crippen LogP contribution is 2.40. The Morgan fingerprint density at radius 3 is 2.77 bits per heavy atom. The summed E-state index contributed by atoms with van der Waals surface area (Å²) in [5.41, 5.74) is 2.12. The molecule has 0 bridgehead atoms. The van der Waals surface area contributed by atoms with Gasteiger partial charge in [0.05, 0.1) is 22.6 Å². The number of rotatable bonds is 4. The Kier molecular flexibility index (Phi) is 5.35. The van der Waals surface area contributed by atoms with Crippen LogP contribution in [-0.4, -0.2) is 53.5 Å². The molecular formula is C22H24ClN5OS. The minimum Gasteiger partial charge on any atom is -0.353 e. The largest absolute Gasteiger partial charge is 0.353 e. The minimum absolute atomic E-state index is 0.0347. The molecule has 3 aromatic rings. The fourth-order valence-electron chi connectivity index (χ4n) is 4.38. The second-order valence-corrected chi connectivity index (χ2v) is 9.41. The number of fused-ring (bicyclic) bond motifs is 3. The summed E-state index contributed by atoms with van der Waals surface area (Å²) >= 11 is 7.98. The van der Waals surface area contributed by atoms with Crippen molar-refractivity contribution < 1.29 is 4.79 Å².